The van der Waals surface area contributed by atoms with Crippen molar-refractivity contribution in [1.29, 1.82) is 0 Å². The van der Waals surface area contributed by atoms with E-state index < -0.39 is 0 Å². The van der Waals surface area contributed by atoms with Crippen LogP contribution in [0.2, 0.25) is 0 Å². The fraction of sp³-hybridized carbons (Fsp3) is 1.00. The van der Waals surface area contributed by atoms with E-state index in [2.05, 4.69) is 11.9 Å². The Morgan fingerprint density at radius 3 is 2.89 bits per heavy atom. The summed E-state index contributed by atoms with van der Waals surface area (Å²) in [5.74, 6) is 0. The molecule has 1 saturated heterocycles. The van der Waals surface area contributed by atoms with Gasteiger partial charge in [0.1, 0.15) is 0 Å². The van der Waals surface area contributed by atoms with Crippen molar-refractivity contribution in [3.63, 3.8) is 0 Å². The van der Waals surface area contributed by atoms with Crippen molar-refractivity contribution in [2.75, 3.05) is 20.1 Å². The van der Waals surface area contributed by atoms with E-state index >= 15 is 0 Å². The van der Waals surface area contributed by atoms with E-state index in [9.17, 15) is 0 Å². The third-order valence-electron chi connectivity index (χ3n) is 2.00. The van der Waals surface area contributed by atoms with E-state index in [1.807, 2.05) is 0 Å². The molecule has 0 aromatic rings. The smallest absolute Gasteiger partial charge is 0.00514 e. The van der Waals surface area contributed by atoms with Crippen LogP contribution in [0.15, 0.2) is 0 Å². The summed E-state index contributed by atoms with van der Waals surface area (Å²) >= 11 is 0. The van der Waals surface area contributed by atoms with Gasteiger partial charge in [0.25, 0.3) is 0 Å². The van der Waals surface area contributed by atoms with E-state index in [0.717, 1.165) is 0 Å². The molecule has 1 heterocycles. The van der Waals surface area contributed by atoms with Gasteiger partial charge in [-0.3, -0.25) is 0 Å². The highest BCUT2D eigenvalue weighted by Crippen LogP contribution is 2.06. The predicted molar refractivity (Wildman–Crippen MR) is 39.3 cm³/mol. The van der Waals surface area contributed by atoms with E-state index in [1.54, 1.807) is 0 Å². The summed E-state index contributed by atoms with van der Waals surface area (Å²) in [4.78, 5) is 2.35. The van der Waals surface area contributed by atoms with Gasteiger partial charge in [-0.05, 0) is 39.4 Å². The molecule has 1 aliphatic heterocycles. The van der Waals surface area contributed by atoms with E-state index in [1.165, 1.54) is 32.4 Å². The van der Waals surface area contributed by atoms with E-state index in [-0.39, 0.29) is 0 Å². The SMILES string of the molecule is CN1CCCC(N)CC1. The average Bonchev–Trinajstić information content (AvgIpc) is 1.97. The number of hydrogen-bond acceptors (Lipinski definition) is 2. The Labute approximate surface area is 57.0 Å². The van der Waals surface area contributed by atoms with E-state index in [0.29, 0.717) is 6.04 Å². The maximum absolute atomic E-state index is 5.77. The highest BCUT2D eigenvalue weighted by molar-refractivity contribution is 4.68. The first-order valence-electron chi connectivity index (χ1n) is 3.73. The molecule has 1 unspecified atom stereocenters. The Hall–Kier alpha value is -0.0800. The topological polar surface area (TPSA) is 29.3 Å². The Morgan fingerprint density at radius 1 is 1.33 bits per heavy atom. The molecule has 2 nitrogen and oxygen atoms in total. The lowest BCUT2D eigenvalue weighted by Gasteiger charge is -2.11. The first-order valence-corrected chi connectivity index (χ1v) is 3.73. The molecule has 1 aliphatic rings. The lowest BCUT2D eigenvalue weighted by molar-refractivity contribution is 0.347. The molecule has 1 atom stereocenters. The molecule has 9 heavy (non-hydrogen) atoms. The number of nitrogens with two attached hydrogens (primary N) is 1. The zero-order valence-electron chi connectivity index (χ0n) is 6.14. The average molecular weight is 128 g/mol. The predicted octanol–water partition coefficient (Wildman–Crippen LogP) is 0.429. The molecule has 2 heteroatoms. The molecular formula is C7H16N2. The van der Waals surface area contributed by atoms with Crippen molar-refractivity contribution in [2.45, 2.75) is 25.3 Å². The minimum atomic E-state index is 0.468. The van der Waals surface area contributed by atoms with Crippen LogP contribution in [-0.4, -0.2) is 31.1 Å². The summed E-state index contributed by atoms with van der Waals surface area (Å²) in [6.45, 7) is 2.41. The van der Waals surface area contributed by atoms with Crippen LogP contribution in [0.3, 0.4) is 0 Å². The van der Waals surface area contributed by atoms with Crippen molar-refractivity contribution in [3.8, 4) is 0 Å². The normalized spacial score (nSPS) is 32.0. The molecule has 0 aliphatic carbocycles. The minimum Gasteiger partial charge on any atom is -0.328 e. The van der Waals surface area contributed by atoms with Crippen LogP contribution in [0.1, 0.15) is 19.3 Å². The van der Waals surface area contributed by atoms with Crippen LogP contribution in [0.4, 0.5) is 0 Å². The molecule has 1 rings (SSSR count). The fourth-order valence-electron chi connectivity index (χ4n) is 1.27. The van der Waals surface area contributed by atoms with Crippen molar-refractivity contribution in [1.82, 2.24) is 4.90 Å². The first-order chi connectivity index (χ1) is 4.29. The summed E-state index contributed by atoms with van der Waals surface area (Å²) in [6, 6.07) is 0.468. The fourth-order valence-corrected chi connectivity index (χ4v) is 1.27. The first kappa shape index (κ1) is 7.03. The van der Waals surface area contributed by atoms with Gasteiger partial charge < -0.3 is 10.6 Å². The second-order valence-electron chi connectivity index (χ2n) is 2.99. The molecule has 0 aromatic carbocycles. The van der Waals surface area contributed by atoms with Crippen LogP contribution in [-0.2, 0) is 0 Å². The lowest BCUT2D eigenvalue weighted by atomic mass is 10.1. The molecule has 0 aromatic heterocycles. The van der Waals surface area contributed by atoms with Crippen LogP contribution in [0, 0.1) is 0 Å². The van der Waals surface area contributed by atoms with Crippen molar-refractivity contribution < 1.29 is 0 Å². The highest BCUT2D eigenvalue weighted by Gasteiger charge is 2.09. The summed E-state index contributed by atoms with van der Waals surface area (Å²) in [6.07, 6.45) is 3.67. The Kier molecular flexibility index (Phi) is 2.49. The quantitative estimate of drug-likeness (QED) is 0.512. The monoisotopic (exact) mass is 128 g/mol. The summed E-state index contributed by atoms with van der Waals surface area (Å²) in [7, 11) is 2.16. The van der Waals surface area contributed by atoms with Gasteiger partial charge in [0.05, 0.1) is 0 Å². The van der Waals surface area contributed by atoms with Crippen molar-refractivity contribution >= 4 is 0 Å². The highest BCUT2D eigenvalue weighted by atomic mass is 15.1. The minimum absolute atomic E-state index is 0.468. The standard InChI is InChI=1S/C7H16N2/c1-9-5-2-3-7(8)4-6-9/h7H,2-6,8H2,1H3. The maximum Gasteiger partial charge on any atom is 0.00514 e. The zero-order valence-corrected chi connectivity index (χ0v) is 6.14. The number of likely N-dealkylation sites (tertiary alicyclic amines) is 1. The van der Waals surface area contributed by atoms with Gasteiger partial charge in [-0.25, -0.2) is 0 Å². The molecular weight excluding hydrogens is 112 g/mol. The van der Waals surface area contributed by atoms with Gasteiger partial charge in [-0.15, -0.1) is 0 Å². The molecule has 0 saturated carbocycles. The third kappa shape index (κ3) is 2.33. The molecule has 1 fully saturated rings. The van der Waals surface area contributed by atoms with Gasteiger partial charge in [0.15, 0.2) is 0 Å². The van der Waals surface area contributed by atoms with Gasteiger partial charge in [0.2, 0.25) is 0 Å². The Bertz CT molecular complexity index is 73.0. The number of hydrogen-bond donors (Lipinski definition) is 1. The number of nitrogens with zero attached hydrogens (tertiary/aromatic N) is 1. The second kappa shape index (κ2) is 3.18. The van der Waals surface area contributed by atoms with Gasteiger partial charge in [0, 0.05) is 6.04 Å². The van der Waals surface area contributed by atoms with Gasteiger partial charge >= 0.3 is 0 Å². The van der Waals surface area contributed by atoms with Crippen LogP contribution in [0.25, 0.3) is 0 Å². The lowest BCUT2D eigenvalue weighted by Crippen LogP contribution is -2.23. The maximum atomic E-state index is 5.77. The summed E-state index contributed by atoms with van der Waals surface area (Å²) < 4.78 is 0. The zero-order chi connectivity index (χ0) is 6.69. The molecule has 0 bridgehead atoms. The third-order valence-corrected chi connectivity index (χ3v) is 2.00. The van der Waals surface area contributed by atoms with Crippen LogP contribution in [0.5, 0.6) is 0 Å². The van der Waals surface area contributed by atoms with Crippen LogP contribution >= 0.6 is 0 Å². The molecule has 0 radical (unpaired) electrons. The number of rotatable bonds is 0. The Morgan fingerprint density at radius 2 is 2.11 bits per heavy atom. The van der Waals surface area contributed by atoms with Crippen molar-refractivity contribution in [3.05, 3.63) is 0 Å². The summed E-state index contributed by atoms with van der Waals surface area (Å²) in [5, 5.41) is 0. The van der Waals surface area contributed by atoms with Gasteiger partial charge in [-0.2, -0.15) is 0 Å². The molecule has 2 N–H and O–H groups in total. The van der Waals surface area contributed by atoms with Crippen molar-refractivity contribution in [2.24, 2.45) is 5.73 Å². The Balaban J connectivity index is 2.25. The largest absolute Gasteiger partial charge is 0.328 e. The van der Waals surface area contributed by atoms with Crippen LogP contribution < -0.4 is 5.73 Å². The van der Waals surface area contributed by atoms with Gasteiger partial charge in [-0.1, -0.05) is 0 Å². The molecule has 54 valence electrons. The summed E-state index contributed by atoms with van der Waals surface area (Å²) in [5.41, 5.74) is 5.77. The van der Waals surface area contributed by atoms with E-state index in [4.69, 9.17) is 5.73 Å². The molecule has 0 spiro atoms. The second-order valence-corrected chi connectivity index (χ2v) is 2.99. The molecule has 0 amide bonds.